The summed E-state index contributed by atoms with van der Waals surface area (Å²) in [6.07, 6.45) is 0.0562. The van der Waals surface area contributed by atoms with Gasteiger partial charge in [-0.05, 0) is 19.4 Å². The van der Waals surface area contributed by atoms with Gasteiger partial charge < -0.3 is 5.32 Å². The number of hydrogen-bond donors (Lipinski definition) is 2. The van der Waals surface area contributed by atoms with Crippen LogP contribution in [0.3, 0.4) is 0 Å². The van der Waals surface area contributed by atoms with E-state index in [2.05, 4.69) is 5.32 Å². The molecule has 0 amide bonds. The summed E-state index contributed by atoms with van der Waals surface area (Å²) in [5, 5.41) is 8.69. The molecule has 2 atom stereocenters. The maximum absolute atomic E-state index is 12.6. The van der Waals surface area contributed by atoms with Crippen LogP contribution in [0.25, 0.3) is 0 Å². The van der Waals surface area contributed by atoms with Crippen molar-refractivity contribution in [1.29, 1.82) is 5.41 Å². The lowest BCUT2D eigenvalue weighted by atomic mass is 9.45. The molecule has 0 saturated carbocycles. The van der Waals surface area contributed by atoms with Crippen molar-refractivity contribution in [3.05, 3.63) is 23.3 Å². The first-order chi connectivity index (χ1) is 7.64. The third-order valence-electron chi connectivity index (χ3n) is 3.73. The van der Waals surface area contributed by atoms with Gasteiger partial charge in [-0.15, -0.1) is 0 Å². The van der Waals surface area contributed by atoms with Gasteiger partial charge in [0.1, 0.15) is 0 Å². The molecule has 0 saturated heterocycles. The fourth-order valence-corrected chi connectivity index (χ4v) is 2.35. The Labute approximate surface area is 99.1 Å². The van der Waals surface area contributed by atoms with Crippen molar-refractivity contribution >= 4 is 6.34 Å². The molecule has 0 fully saturated rings. The molecule has 2 rings (SSSR count). The predicted octanol–water partition coefficient (Wildman–Crippen LogP) is 3.27. The quantitative estimate of drug-likeness (QED) is 0.540. The highest BCUT2D eigenvalue weighted by Crippen LogP contribution is 2.69. The van der Waals surface area contributed by atoms with Crippen LogP contribution in [-0.4, -0.2) is 19.6 Å². The highest BCUT2D eigenvalue weighted by molar-refractivity contribution is 5.60. The lowest BCUT2D eigenvalue weighted by molar-refractivity contribution is -0.234. The van der Waals surface area contributed by atoms with E-state index in [0.717, 1.165) is 17.5 Å². The van der Waals surface area contributed by atoms with Gasteiger partial charge in [0, 0.05) is 12.5 Å². The zero-order chi connectivity index (χ0) is 13.5. The van der Waals surface area contributed by atoms with Crippen molar-refractivity contribution in [2.75, 3.05) is 7.05 Å². The van der Waals surface area contributed by atoms with E-state index in [0.29, 0.717) is 0 Å². The highest BCUT2D eigenvalue weighted by atomic mass is 19.4. The lowest BCUT2D eigenvalue weighted by Gasteiger charge is -2.59. The molecular weight excluding hydrogens is 229 g/mol. The summed E-state index contributed by atoms with van der Waals surface area (Å²) < 4.78 is 37.9. The zero-order valence-corrected chi connectivity index (χ0v) is 10.4. The van der Waals surface area contributed by atoms with Crippen LogP contribution in [0.1, 0.15) is 20.8 Å². The van der Waals surface area contributed by atoms with Gasteiger partial charge in [-0.25, -0.2) is 0 Å². The van der Waals surface area contributed by atoms with E-state index >= 15 is 0 Å². The monoisotopic (exact) mass is 246 g/mol. The molecule has 0 aromatic carbocycles. The molecule has 0 bridgehead atoms. The van der Waals surface area contributed by atoms with E-state index in [9.17, 15) is 13.2 Å². The van der Waals surface area contributed by atoms with E-state index in [1.54, 1.807) is 20.0 Å². The first-order valence-corrected chi connectivity index (χ1v) is 5.30. The van der Waals surface area contributed by atoms with Crippen LogP contribution >= 0.6 is 0 Å². The van der Waals surface area contributed by atoms with Crippen LogP contribution in [0.4, 0.5) is 13.2 Å². The van der Waals surface area contributed by atoms with Crippen molar-refractivity contribution in [3.63, 3.8) is 0 Å². The molecule has 5 heteroatoms. The minimum absolute atomic E-state index is 0.755. The van der Waals surface area contributed by atoms with Crippen molar-refractivity contribution < 1.29 is 13.2 Å². The summed E-state index contributed by atoms with van der Waals surface area (Å²) in [5.74, 6) is 0. The number of nitrogens with one attached hydrogen (secondary N) is 2. The van der Waals surface area contributed by atoms with Crippen LogP contribution in [0, 0.1) is 16.2 Å². The molecule has 2 N–H and O–H groups in total. The lowest BCUT2D eigenvalue weighted by Crippen LogP contribution is -2.57. The number of allylic oxidation sites excluding steroid dienone is 4. The van der Waals surface area contributed by atoms with Crippen molar-refractivity contribution in [2.24, 2.45) is 10.8 Å². The van der Waals surface area contributed by atoms with Gasteiger partial charge in [-0.3, -0.25) is 5.41 Å². The van der Waals surface area contributed by atoms with Crippen LogP contribution in [0.5, 0.6) is 0 Å². The molecule has 17 heavy (non-hydrogen) atoms. The van der Waals surface area contributed by atoms with Crippen LogP contribution < -0.4 is 5.32 Å². The summed E-state index contributed by atoms with van der Waals surface area (Å²) in [6.45, 7) is 4.77. The topological polar surface area (TPSA) is 35.9 Å². The Kier molecular flexibility index (Phi) is 3.16. The second-order valence-electron chi connectivity index (χ2n) is 4.72. The molecule has 0 radical (unpaired) electrons. The summed E-state index contributed by atoms with van der Waals surface area (Å²) in [7, 11) is 1.69. The fraction of sp³-hybridized carbons (Fsp3) is 0.583. The van der Waals surface area contributed by atoms with E-state index in [1.165, 1.54) is 13.0 Å². The Morgan fingerprint density at radius 2 is 1.76 bits per heavy atom. The number of halogens is 3. The van der Waals surface area contributed by atoms with Gasteiger partial charge in [0.25, 0.3) is 0 Å². The van der Waals surface area contributed by atoms with Gasteiger partial charge in [0.2, 0.25) is 0 Å². The fourth-order valence-electron chi connectivity index (χ4n) is 2.35. The normalized spacial score (nSPS) is 33.8. The molecule has 2 aliphatic carbocycles. The summed E-state index contributed by atoms with van der Waals surface area (Å²) >= 11 is 0. The third-order valence-corrected chi connectivity index (χ3v) is 3.73. The molecule has 96 valence electrons. The average Bonchev–Trinajstić information content (AvgIpc) is 2.24. The highest BCUT2D eigenvalue weighted by Gasteiger charge is 2.69. The Morgan fingerprint density at radius 3 is 1.94 bits per heavy atom. The molecule has 0 aromatic heterocycles. The van der Waals surface area contributed by atoms with Crippen LogP contribution in [0.2, 0.25) is 0 Å². The Morgan fingerprint density at radius 1 is 1.29 bits per heavy atom. The van der Waals surface area contributed by atoms with Gasteiger partial charge in [0.15, 0.2) is 0 Å². The SMILES string of the molecule is CC1=CC2(C)C1=CC2(C)C(F)(F)F.CNC=N. The van der Waals surface area contributed by atoms with Gasteiger partial charge in [-0.2, -0.15) is 13.2 Å². The molecule has 2 nitrogen and oxygen atoms in total. The van der Waals surface area contributed by atoms with Gasteiger partial charge >= 0.3 is 6.18 Å². The maximum atomic E-state index is 12.6. The standard InChI is InChI=1S/C10H11F3.C2H6N2/c1-6-4-8(2)7(6)5-9(8,3)10(11,12)13;1-4-2-3/h4-5H,1-3H3;2H,1H3,(H2,3,4). The Hall–Kier alpha value is -1.26. The second-order valence-corrected chi connectivity index (χ2v) is 4.72. The van der Waals surface area contributed by atoms with E-state index < -0.39 is 17.0 Å². The van der Waals surface area contributed by atoms with Gasteiger partial charge in [0.05, 0.1) is 11.8 Å². The van der Waals surface area contributed by atoms with E-state index in [4.69, 9.17) is 5.41 Å². The van der Waals surface area contributed by atoms with Crippen LogP contribution in [-0.2, 0) is 0 Å². The molecule has 0 spiro atoms. The van der Waals surface area contributed by atoms with Crippen molar-refractivity contribution in [2.45, 2.75) is 26.9 Å². The first-order valence-electron chi connectivity index (χ1n) is 5.30. The molecule has 0 heterocycles. The minimum Gasteiger partial charge on any atom is -0.380 e. The summed E-state index contributed by atoms with van der Waals surface area (Å²) in [4.78, 5) is 0. The molecule has 0 aromatic rings. The Bertz CT molecular complexity index is 395. The number of hydrogen-bond acceptors (Lipinski definition) is 1. The Balaban J connectivity index is 0.000000317. The second kappa shape index (κ2) is 3.89. The molecule has 2 aliphatic rings. The zero-order valence-electron chi connectivity index (χ0n) is 10.4. The average molecular weight is 246 g/mol. The number of alkyl halides is 3. The van der Waals surface area contributed by atoms with Crippen LogP contribution in [0.15, 0.2) is 23.3 Å². The third kappa shape index (κ3) is 1.68. The number of fused-ring (bicyclic) bond motifs is 1. The van der Waals surface area contributed by atoms with Gasteiger partial charge in [-0.1, -0.05) is 24.6 Å². The largest absolute Gasteiger partial charge is 0.398 e. The smallest absolute Gasteiger partial charge is 0.380 e. The van der Waals surface area contributed by atoms with E-state index in [1.807, 2.05) is 6.92 Å². The van der Waals surface area contributed by atoms with E-state index in [-0.39, 0.29) is 0 Å². The van der Waals surface area contributed by atoms with Crippen molar-refractivity contribution in [3.8, 4) is 0 Å². The predicted molar refractivity (Wildman–Crippen MR) is 62.0 cm³/mol. The summed E-state index contributed by atoms with van der Waals surface area (Å²) in [6, 6.07) is 0. The first kappa shape index (κ1) is 13.8. The molecule has 0 aliphatic heterocycles. The van der Waals surface area contributed by atoms with Crippen molar-refractivity contribution in [1.82, 2.24) is 5.32 Å². The summed E-state index contributed by atoms with van der Waals surface area (Å²) in [5.41, 5.74) is -0.541. The maximum Gasteiger partial charge on any atom is 0.398 e. The minimum atomic E-state index is -4.14. The number of rotatable bonds is 1. The molecular formula is C12H17F3N2. The molecule has 2 unspecified atom stereocenters.